The molecule has 2 aromatic rings. The summed E-state index contributed by atoms with van der Waals surface area (Å²) in [7, 11) is -4.69. The zero-order chi connectivity index (χ0) is 16.3. The molecule has 118 valence electrons. The lowest BCUT2D eigenvalue weighted by molar-refractivity contribution is 0.327. The smallest absolute Gasteiger partial charge is 0.342 e. The van der Waals surface area contributed by atoms with Gasteiger partial charge in [-0.1, -0.05) is 12.1 Å². The zero-order valence-electron chi connectivity index (χ0n) is 11.3. The summed E-state index contributed by atoms with van der Waals surface area (Å²) in [6, 6.07) is 6.18. The van der Waals surface area contributed by atoms with E-state index in [9.17, 15) is 21.6 Å². The summed E-state index contributed by atoms with van der Waals surface area (Å²) in [5, 5.41) is 0. The van der Waals surface area contributed by atoms with Gasteiger partial charge < -0.3 is 8.92 Å². The number of rotatable bonds is 5. The van der Waals surface area contributed by atoms with Gasteiger partial charge in [0.1, 0.15) is 10.7 Å². The molecule has 2 rings (SSSR count). The molecule has 0 N–H and O–H groups in total. The highest BCUT2D eigenvalue weighted by Gasteiger charge is 2.25. The van der Waals surface area contributed by atoms with Gasteiger partial charge in [0.15, 0.2) is 23.1 Å². The minimum absolute atomic E-state index is 0.122. The third-order valence-electron chi connectivity index (χ3n) is 2.59. The normalized spacial score (nSPS) is 11.3. The van der Waals surface area contributed by atoms with Crippen molar-refractivity contribution in [3.63, 3.8) is 0 Å². The van der Waals surface area contributed by atoms with Crippen LogP contribution in [0.4, 0.5) is 13.2 Å². The van der Waals surface area contributed by atoms with E-state index in [2.05, 4.69) is 0 Å². The average molecular weight is 332 g/mol. The van der Waals surface area contributed by atoms with Gasteiger partial charge in [-0.3, -0.25) is 0 Å². The van der Waals surface area contributed by atoms with E-state index < -0.39 is 32.5 Å². The van der Waals surface area contributed by atoms with E-state index >= 15 is 0 Å². The lowest BCUT2D eigenvalue weighted by Crippen LogP contribution is -2.13. The van der Waals surface area contributed by atoms with Crippen LogP contribution in [0.1, 0.15) is 6.92 Å². The Morgan fingerprint density at radius 2 is 1.55 bits per heavy atom. The highest BCUT2D eigenvalue weighted by molar-refractivity contribution is 7.87. The largest absolute Gasteiger partial charge is 0.490 e. The van der Waals surface area contributed by atoms with Gasteiger partial charge in [0.2, 0.25) is 0 Å². The predicted molar refractivity (Wildman–Crippen MR) is 71.7 cm³/mol. The molecule has 4 nitrogen and oxygen atoms in total. The molecule has 0 radical (unpaired) electrons. The second-order valence-corrected chi connectivity index (χ2v) is 5.63. The Morgan fingerprint density at radius 3 is 2.18 bits per heavy atom. The fourth-order valence-corrected chi connectivity index (χ4v) is 2.66. The van der Waals surface area contributed by atoms with Crippen molar-refractivity contribution in [3.8, 4) is 11.5 Å². The first-order valence-electron chi connectivity index (χ1n) is 6.16. The van der Waals surface area contributed by atoms with Crippen molar-refractivity contribution in [1.29, 1.82) is 0 Å². The highest BCUT2D eigenvalue weighted by Crippen LogP contribution is 2.30. The minimum Gasteiger partial charge on any atom is -0.490 e. The van der Waals surface area contributed by atoms with E-state index in [0.717, 1.165) is 0 Å². The van der Waals surface area contributed by atoms with Gasteiger partial charge >= 0.3 is 10.1 Å². The molecule has 0 spiro atoms. The monoisotopic (exact) mass is 332 g/mol. The Labute approximate surface area is 125 Å². The molecule has 0 saturated carbocycles. The summed E-state index contributed by atoms with van der Waals surface area (Å²) >= 11 is 0. The van der Waals surface area contributed by atoms with Crippen molar-refractivity contribution in [1.82, 2.24) is 0 Å². The lowest BCUT2D eigenvalue weighted by atomic mass is 10.3. The van der Waals surface area contributed by atoms with E-state index in [0.29, 0.717) is 0 Å². The zero-order valence-corrected chi connectivity index (χ0v) is 12.2. The summed E-state index contributed by atoms with van der Waals surface area (Å²) in [6.07, 6.45) is 0. The molecule has 0 bridgehead atoms. The molecule has 0 unspecified atom stereocenters. The second kappa shape index (κ2) is 6.27. The van der Waals surface area contributed by atoms with Gasteiger partial charge in [-0.05, 0) is 19.1 Å². The second-order valence-electron chi connectivity index (χ2n) is 4.11. The van der Waals surface area contributed by atoms with Crippen LogP contribution >= 0.6 is 0 Å². The Hall–Kier alpha value is -2.22. The molecule has 0 aliphatic heterocycles. The maximum absolute atomic E-state index is 13.6. The molecule has 22 heavy (non-hydrogen) atoms. The summed E-state index contributed by atoms with van der Waals surface area (Å²) in [5.41, 5.74) is 0. The van der Waals surface area contributed by atoms with Crippen molar-refractivity contribution in [2.45, 2.75) is 11.8 Å². The molecule has 0 aliphatic carbocycles. The highest BCUT2D eigenvalue weighted by atomic mass is 32.2. The fraction of sp³-hybridized carbons (Fsp3) is 0.143. The van der Waals surface area contributed by atoms with Crippen molar-refractivity contribution in [2.75, 3.05) is 6.61 Å². The van der Waals surface area contributed by atoms with E-state index in [1.54, 1.807) is 13.0 Å². The van der Waals surface area contributed by atoms with Gasteiger partial charge in [-0.15, -0.1) is 0 Å². The standard InChI is InChI=1S/C14H11F3O4S/c1-2-20-12-5-3-4-6-13(12)21-22(18,19)14-8-10(16)9(15)7-11(14)17/h3-8H,2H2,1H3. The van der Waals surface area contributed by atoms with Crippen molar-refractivity contribution in [2.24, 2.45) is 0 Å². The van der Waals surface area contributed by atoms with Crippen LogP contribution in [0.25, 0.3) is 0 Å². The molecular weight excluding hydrogens is 321 g/mol. The maximum Gasteiger partial charge on any atom is 0.342 e. The number of hydrogen-bond acceptors (Lipinski definition) is 4. The van der Waals surface area contributed by atoms with E-state index in [4.69, 9.17) is 8.92 Å². The first kappa shape index (κ1) is 16.2. The van der Waals surface area contributed by atoms with Gasteiger partial charge in [-0.25, -0.2) is 13.2 Å². The SMILES string of the molecule is CCOc1ccccc1OS(=O)(=O)c1cc(F)c(F)cc1F. The summed E-state index contributed by atoms with van der Waals surface area (Å²) in [6.45, 7) is 1.93. The van der Waals surface area contributed by atoms with Crippen LogP contribution in [0, 0.1) is 17.5 Å². The Kier molecular flexibility index (Phi) is 4.60. The molecule has 2 aromatic carbocycles. The number of hydrogen-bond donors (Lipinski definition) is 0. The van der Waals surface area contributed by atoms with Crippen molar-refractivity contribution >= 4 is 10.1 Å². The van der Waals surface area contributed by atoms with Crippen LogP contribution in [-0.4, -0.2) is 15.0 Å². The number of ether oxygens (including phenoxy) is 1. The van der Waals surface area contributed by atoms with Crippen LogP contribution in [0.3, 0.4) is 0 Å². The number of para-hydroxylation sites is 2. The van der Waals surface area contributed by atoms with Crippen LogP contribution in [-0.2, 0) is 10.1 Å². The topological polar surface area (TPSA) is 52.6 Å². The quantitative estimate of drug-likeness (QED) is 0.623. The van der Waals surface area contributed by atoms with Crippen molar-refractivity contribution < 1.29 is 30.5 Å². The van der Waals surface area contributed by atoms with E-state index in [-0.39, 0.29) is 30.2 Å². The molecule has 0 amide bonds. The van der Waals surface area contributed by atoms with Gasteiger partial charge in [-0.2, -0.15) is 8.42 Å². The molecule has 0 atom stereocenters. The van der Waals surface area contributed by atoms with E-state index in [1.807, 2.05) is 0 Å². The van der Waals surface area contributed by atoms with E-state index in [1.165, 1.54) is 18.2 Å². The third kappa shape index (κ3) is 3.33. The number of benzene rings is 2. The van der Waals surface area contributed by atoms with Crippen LogP contribution in [0.5, 0.6) is 11.5 Å². The predicted octanol–water partition coefficient (Wildman–Crippen LogP) is 3.27. The van der Waals surface area contributed by atoms with Crippen LogP contribution in [0.15, 0.2) is 41.3 Å². The Bertz CT molecular complexity index is 791. The maximum atomic E-state index is 13.6. The summed E-state index contributed by atoms with van der Waals surface area (Å²) in [4.78, 5) is -1.10. The molecule has 0 heterocycles. The average Bonchev–Trinajstić information content (AvgIpc) is 2.45. The number of halogens is 3. The molecule has 0 aromatic heterocycles. The van der Waals surface area contributed by atoms with Crippen LogP contribution < -0.4 is 8.92 Å². The minimum atomic E-state index is -4.69. The summed E-state index contributed by atoms with van der Waals surface area (Å²) < 4.78 is 73.6. The summed E-state index contributed by atoms with van der Waals surface area (Å²) in [5.74, 6) is -4.51. The van der Waals surface area contributed by atoms with Crippen LogP contribution in [0.2, 0.25) is 0 Å². The molecule has 8 heteroatoms. The Balaban J connectivity index is 2.43. The van der Waals surface area contributed by atoms with Crippen molar-refractivity contribution in [3.05, 3.63) is 53.8 Å². The lowest BCUT2D eigenvalue weighted by Gasteiger charge is -2.12. The molecule has 0 aliphatic rings. The molecular formula is C14H11F3O4S. The van der Waals surface area contributed by atoms with Gasteiger partial charge in [0.05, 0.1) is 6.61 Å². The fourth-order valence-electron chi connectivity index (χ4n) is 1.65. The molecule has 0 fully saturated rings. The van der Waals surface area contributed by atoms with Gasteiger partial charge in [0.25, 0.3) is 0 Å². The first-order valence-corrected chi connectivity index (χ1v) is 7.57. The first-order chi connectivity index (χ1) is 10.3. The molecule has 0 saturated heterocycles. The third-order valence-corrected chi connectivity index (χ3v) is 3.84. The Morgan fingerprint density at radius 1 is 0.955 bits per heavy atom. The van der Waals surface area contributed by atoms with Gasteiger partial charge in [0, 0.05) is 12.1 Å².